The number of hydrogen-bond donors (Lipinski definition) is 2. The largest absolute Gasteiger partial charge is 0.374 e. The number of carbonyl (C=O) groups excluding carboxylic acids is 1. The highest BCUT2D eigenvalue weighted by Crippen LogP contribution is 2.13. The minimum Gasteiger partial charge on any atom is -0.374 e. The normalized spacial score (nSPS) is 17.8. The Labute approximate surface area is 165 Å². The second-order valence-corrected chi connectivity index (χ2v) is 8.63. The van der Waals surface area contributed by atoms with Crippen molar-refractivity contribution in [2.75, 3.05) is 37.2 Å². The molecule has 8 heteroatoms. The van der Waals surface area contributed by atoms with E-state index in [1.807, 2.05) is 18.2 Å². The lowest BCUT2D eigenvalue weighted by Crippen LogP contribution is -2.47. The standard InChI is InChI=1S/C20H25N3O4S/c1-28(25,26)22-18-9-5-8-17(12-18)20(24)21-13-19-15-23(10-11-27-19)14-16-6-3-2-4-7-16/h2-9,12,19,22H,10-11,13-15H2,1H3,(H,21,24). The van der Waals surface area contributed by atoms with Crippen molar-refractivity contribution < 1.29 is 17.9 Å². The van der Waals surface area contributed by atoms with Crippen molar-refractivity contribution in [3.63, 3.8) is 0 Å². The van der Waals surface area contributed by atoms with Gasteiger partial charge in [-0.2, -0.15) is 0 Å². The Hall–Kier alpha value is -2.42. The number of amides is 1. The number of hydrogen-bond acceptors (Lipinski definition) is 5. The van der Waals surface area contributed by atoms with Crippen LogP contribution in [0.4, 0.5) is 5.69 Å². The molecular formula is C20H25N3O4S. The topological polar surface area (TPSA) is 87.7 Å². The summed E-state index contributed by atoms with van der Waals surface area (Å²) in [5, 5.41) is 2.88. The van der Waals surface area contributed by atoms with E-state index in [1.165, 1.54) is 11.6 Å². The molecular weight excluding hydrogens is 378 g/mol. The Bertz CT molecular complexity index is 903. The Kier molecular flexibility index (Phi) is 6.66. The molecule has 1 amide bonds. The molecule has 1 heterocycles. The van der Waals surface area contributed by atoms with E-state index in [9.17, 15) is 13.2 Å². The highest BCUT2D eigenvalue weighted by molar-refractivity contribution is 7.92. The quantitative estimate of drug-likeness (QED) is 0.735. The summed E-state index contributed by atoms with van der Waals surface area (Å²) in [5.74, 6) is -0.263. The van der Waals surface area contributed by atoms with Gasteiger partial charge in [0, 0.05) is 37.4 Å². The molecule has 1 atom stereocenters. The molecule has 2 aromatic carbocycles. The third kappa shape index (κ3) is 6.33. The summed E-state index contributed by atoms with van der Waals surface area (Å²) in [7, 11) is -3.39. The van der Waals surface area contributed by atoms with Crippen LogP contribution >= 0.6 is 0 Å². The van der Waals surface area contributed by atoms with Gasteiger partial charge in [-0.3, -0.25) is 14.4 Å². The number of anilines is 1. The minimum atomic E-state index is -3.39. The van der Waals surface area contributed by atoms with Gasteiger partial charge < -0.3 is 10.1 Å². The van der Waals surface area contributed by atoms with Crippen molar-refractivity contribution in [1.82, 2.24) is 10.2 Å². The lowest BCUT2D eigenvalue weighted by Gasteiger charge is -2.33. The molecule has 28 heavy (non-hydrogen) atoms. The average Bonchev–Trinajstić information content (AvgIpc) is 2.66. The first kappa shape index (κ1) is 20.3. The maximum Gasteiger partial charge on any atom is 0.251 e. The molecule has 150 valence electrons. The summed E-state index contributed by atoms with van der Waals surface area (Å²) in [6, 6.07) is 16.7. The molecule has 2 N–H and O–H groups in total. The molecule has 1 aliphatic rings. The third-order valence-electron chi connectivity index (χ3n) is 4.39. The second kappa shape index (κ2) is 9.18. The first-order chi connectivity index (χ1) is 13.4. The molecule has 3 rings (SSSR count). The summed E-state index contributed by atoms with van der Waals surface area (Å²) < 4.78 is 30.8. The fourth-order valence-corrected chi connectivity index (χ4v) is 3.69. The average molecular weight is 404 g/mol. The van der Waals surface area contributed by atoms with Crippen molar-refractivity contribution >= 4 is 21.6 Å². The van der Waals surface area contributed by atoms with Crippen molar-refractivity contribution in [3.05, 3.63) is 65.7 Å². The van der Waals surface area contributed by atoms with Crippen LogP contribution in [0.15, 0.2) is 54.6 Å². The minimum absolute atomic E-state index is 0.0845. The first-order valence-electron chi connectivity index (χ1n) is 9.13. The highest BCUT2D eigenvalue weighted by Gasteiger charge is 2.21. The number of nitrogens with one attached hydrogen (secondary N) is 2. The number of benzene rings is 2. The Morgan fingerprint density at radius 1 is 1.18 bits per heavy atom. The molecule has 2 aromatic rings. The summed E-state index contributed by atoms with van der Waals surface area (Å²) in [4.78, 5) is 14.7. The van der Waals surface area contributed by atoms with Gasteiger partial charge in [0.25, 0.3) is 5.91 Å². The predicted octanol–water partition coefficient (Wildman–Crippen LogP) is 1.69. The molecule has 1 saturated heterocycles. The molecule has 0 bridgehead atoms. The lowest BCUT2D eigenvalue weighted by molar-refractivity contribution is -0.0292. The number of sulfonamides is 1. The van der Waals surface area contributed by atoms with Crippen LogP contribution in [0.25, 0.3) is 0 Å². The van der Waals surface area contributed by atoms with Gasteiger partial charge in [-0.05, 0) is 23.8 Å². The van der Waals surface area contributed by atoms with Gasteiger partial charge in [0.05, 0.1) is 19.0 Å². The molecule has 0 radical (unpaired) electrons. The van der Waals surface area contributed by atoms with Crippen LogP contribution in [0, 0.1) is 0 Å². The van der Waals surface area contributed by atoms with Gasteiger partial charge in [-0.25, -0.2) is 8.42 Å². The number of rotatable bonds is 7. The van der Waals surface area contributed by atoms with E-state index < -0.39 is 10.0 Å². The van der Waals surface area contributed by atoms with E-state index in [4.69, 9.17) is 4.74 Å². The van der Waals surface area contributed by atoms with Crippen LogP contribution in [0.3, 0.4) is 0 Å². The maximum absolute atomic E-state index is 12.4. The zero-order valence-electron chi connectivity index (χ0n) is 15.8. The van der Waals surface area contributed by atoms with E-state index in [0.29, 0.717) is 24.4 Å². The maximum atomic E-state index is 12.4. The molecule has 7 nitrogen and oxygen atoms in total. The van der Waals surface area contributed by atoms with Crippen molar-refractivity contribution in [2.45, 2.75) is 12.6 Å². The number of carbonyl (C=O) groups is 1. The summed E-state index contributed by atoms with van der Waals surface area (Å²) in [5.41, 5.74) is 2.01. The molecule has 1 fully saturated rings. The highest BCUT2D eigenvalue weighted by atomic mass is 32.2. The fourth-order valence-electron chi connectivity index (χ4n) is 3.14. The Morgan fingerprint density at radius 3 is 2.71 bits per heavy atom. The summed E-state index contributed by atoms with van der Waals surface area (Å²) >= 11 is 0. The van der Waals surface area contributed by atoms with Gasteiger partial charge in [0.1, 0.15) is 0 Å². The Balaban J connectivity index is 1.52. The van der Waals surface area contributed by atoms with Crippen molar-refractivity contribution in [3.8, 4) is 0 Å². The fraction of sp³-hybridized carbons (Fsp3) is 0.350. The van der Waals surface area contributed by atoms with Gasteiger partial charge in [0.2, 0.25) is 10.0 Å². The van der Waals surface area contributed by atoms with Crippen molar-refractivity contribution in [1.29, 1.82) is 0 Å². The van der Waals surface area contributed by atoms with E-state index >= 15 is 0 Å². The SMILES string of the molecule is CS(=O)(=O)Nc1cccc(C(=O)NCC2CN(Cc3ccccc3)CCO2)c1. The number of morpholine rings is 1. The van der Waals surface area contributed by atoms with Gasteiger partial charge in [-0.15, -0.1) is 0 Å². The van der Waals surface area contributed by atoms with Crippen LogP contribution in [-0.4, -0.2) is 57.8 Å². The zero-order chi connectivity index (χ0) is 20.0. The predicted molar refractivity (Wildman–Crippen MR) is 109 cm³/mol. The van der Waals surface area contributed by atoms with E-state index in [0.717, 1.165) is 25.9 Å². The summed E-state index contributed by atoms with van der Waals surface area (Å²) in [6.07, 6.45) is 0.986. The first-order valence-corrected chi connectivity index (χ1v) is 11.0. The van der Waals surface area contributed by atoms with Gasteiger partial charge in [0.15, 0.2) is 0 Å². The summed E-state index contributed by atoms with van der Waals surface area (Å²) in [6.45, 7) is 3.48. The second-order valence-electron chi connectivity index (χ2n) is 6.88. The van der Waals surface area contributed by atoms with E-state index in [1.54, 1.807) is 18.2 Å². The lowest BCUT2D eigenvalue weighted by atomic mass is 10.1. The van der Waals surface area contributed by atoms with Gasteiger partial charge >= 0.3 is 0 Å². The molecule has 1 aliphatic heterocycles. The van der Waals surface area contributed by atoms with Crippen LogP contribution < -0.4 is 10.0 Å². The van der Waals surface area contributed by atoms with Crippen LogP contribution in [0.1, 0.15) is 15.9 Å². The molecule has 0 saturated carbocycles. The molecule has 0 aromatic heterocycles. The van der Waals surface area contributed by atoms with Crippen molar-refractivity contribution in [2.24, 2.45) is 0 Å². The van der Waals surface area contributed by atoms with E-state index in [-0.39, 0.29) is 12.0 Å². The van der Waals surface area contributed by atoms with Crippen LogP contribution in [0.2, 0.25) is 0 Å². The smallest absolute Gasteiger partial charge is 0.251 e. The number of nitrogens with zero attached hydrogens (tertiary/aromatic N) is 1. The molecule has 0 spiro atoms. The molecule has 0 aliphatic carbocycles. The zero-order valence-corrected chi connectivity index (χ0v) is 16.6. The van der Waals surface area contributed by atoms with Crippen LogP contribution in [-0.2, 0) is 21.3 Å². The Morgan fingerprint density at radius 2 is 1.96 bits per heavy atom. The third-order valence-corrected chi connectivity index (χ3v) is 5.00. The van der Waals surface area contributed by atoms with Crippen LogP contribution in [0.5, 0.6) is 0 Å². The molecule has 1 unspecified atom stereocenters. The van der Waals surface area contributed by atoms with Gasteiger partial charge in [-0.1, -0.05) is 36.4 Å². The monoisotopic (exact) mass is 403 g/mol. The number of ether oxygens (including phenoxy) is 1. The van der Waals surface area contributed by atoms with E-state index in [2.05, 4.69) is 27.1 Å².